The van der Waals surface area contributed by atoms with Crippen molar-refractivity contribution in [1.82, 2.24) is 0 Å². The van der Waals surface area contributed by atoms with Gasteiger partial charge in [0, 0.05) is 0 Å². The van der Waals surface area contributed by atoms with Crippen LogP contribution in [-0.2, 0) is 4.74 Å². The number of aliphatic hydroxyl groups is 4. The largest absolute Gasteiger partial charge is 0.394 e. The fourth-order valence-electron chi connectivity index (χ4n) is 2.19. The number of hydrogen-bond acceptors (Lipinski definition) is 5. The van der Waals surface area contributed by atoms with E-state index >= 15 is 0 Å². The van der Waals surface area contributed by atoms with E-state index in [1.54, 1.807) is 0 Å². The number of hydrogen-bond donors (Lipinski definition) is 4. The molecule has 0 aromatic heterocycles. The van der Waals surface area contributed by atoms with E-state index in [4.69, 9.17) is 9.84 Å². The van der Waals surface area contributed by atoms with E-state index in [1.165, 1.54) is 0 Å². The molecule has 0 aromatic rings. The van der Waals surface area contributed by atoms with Crippen molar-refractivity contribution in [3.63, 3.8) is 0 Å². The summed E-state index contributed by atoms with van der Waals surface area (Å²) in [6.45, 7) is 1.77. The summed E-state index contributed by atoms with van der Waals surface area (Å²) < 4.78 is 5.40. The Hall–Kier alpha value is -0.200. The third-order valence-corrected chi connectivity index (χ3v) is 3.33. The molecular formula is C12H24O5. The van der Waals surface area contributed by atoms with Gasteiger partial charge in [0.15, 0.2) is 0 Å². The highest BCUT2D eigenvalue weighted by Crippen LogP contribution is 2.24. The van der Waals surface area contributed by atoms with Crippen molar-refractivity contribution in [2.75, 3.05) is 6.61 Å². The lowest BCUT2D eigenvalue weighted by atomic mass is 9.92. The number of unbranched alkanes of at least 4 members (excludes halogenated alkanes) is 3. The molecule has 0 saturated carbocycles. The highest BCUT2D eigenvalue weighted by Gasteiger charge is 2.42. The van der Waals surface area contributed by atoms with E-state index in [2.05, 4.69) is 6.92 Å². The normalized spacial score (nSPS) is 38.3. The molecular weight excluding hydrogens is 224 g/mol. The fraction of sp³-hybridized carbons (Fsp3) is 1.00. The molecule has 1 aliphatic rings. The van der Waals surface area contributed by atoms with Crippen LogP contribution in [0.1, 0.15) is 39.0 Å². The summed E-state index contributed by atoms with van der Waals surface area (Å²) >= 11 is 0. The maximum atomic E-state index is 9.76. The molecule has 0 aromatic carbocycles. The first kappa shape index (κ1) is 14.9. The van der Waals surface area contributed by atoms with Crippen LogP contribution < -0.4 is 0 Å². The van der Waals surface area contributed by atoms with Gasteiger partial charge in [-0.1, -0.05) is 32.6 Å². The van der Waals surface area contributed by atoms with Gasteiger partial charge in [0.05, 0.1) is 12.7 Å². The zero-order chi connectivity index (χ0) is 12.8. The van der Waals surface area contributed by atoms with Crippen molar-refractivity contribution in [1.29, 1.82) is 0 Å². The van der Waals surface area contributed by atoms with Gasteiger partial charge in [0.2, 0.25) is 0 Å². The number of rotatable bonds is 6. The van der Waals surface area contributed by atoms with Crippen LogP contribution in [0.2, 0.25) is 0 Å². The average molecular weight is 248 g/mol. The molecule has 17 heavy (non-hydrogen) atoms. The summed E-state index contributed by atoms with van der Waals surface area (Å²) in [7, 11) is 0. The minimum Gasteiger partial charge on any atom is -0.394 e. The second-order valence-electron chi connectivity index (χ2n) is 4.72. The van der Waals surface area contributed by atoms with Gasteiger partial charge >= 0.3 is 0 Å². The minimum absolute atomic E-state index is 0.351. The highest BCUT2D eigenvalue weighted by atomic mass is 16.5. The summed E-state index contributed by atoms with van der Waals surface area (Å²) in [5, 5.41) is 37.9. The van der Waals surface area contributed by atoms with Gasteiger partial charge in [-0.2, -0.15) is 0 Å². The van der Waals surface area contributed by atoms with Crippen molar-refractivity contribution in [3.8, 4) is 0 Å². The van der Waals surface area contributed by atoms with Crippen LogP contribution in [0.25, 0.3) is 0 Å². The smallest absolute Gasteiger partial charge is 0.111 e. The molecule has 1 saturated heterocycles. The predicted molar refractivity (Wildman–Crippen MR) is 62.5 cm³/mol. The van der Waals surface area contributed by atoms with E-state index in [-0.39, 0.29) is 6.61 Å². The van der Waals surface area contributed by atoms with Gasteiger partial charge in [0.25, 0.3) is 0 Å². The third kappa shape index (κ3) is 3.89. The summed E-state index contributed by atoms with van der Waals surface area (Å²) in [6, 6.07) is 0. The number of ether oxygens (including phenoxy) is 1. The van der Waals surface area contributed by atoms with E-state index in [9.17, 15) is 15.3 Å². The zero-order valence-corrected chi connectivity index (χ0v) is 10.3. The van der Waals surface area contributed by atoms with Gasteiger partial charge in [0.1, 0.15) is 24.4 Å². The first-order valence-corrected chi connectivity index (χ1v) is 6.42. The van der Waals surface area contributed by atoms with Crippen molar-refractivity contribution in [2.45, 2.75) is 69.5 Å². The van der Waals surface area contributed by atoms with Crippen LogP contribution in [-0.4, -0.2) is 57.6 Å². The molecule has 0 radical (unpaired) electrons. The topological polar surface area (TPSA) is 90.2 Å². The first-order valence-electron chi connectivity index (χ1n) is 6.42. The minimum atomic E-state index is -1.24. The molecule has 5 nitrogen and oxygen atoms in total. The monoisotopic (exact) mass is 248 g/mol. The Bertz CT molecular complexity index is 209. The number of aliphatic hydroxyl groups excluding tert-OH is 4. The molecule has 5 heteroatoms. The third-order valence-electron chi connectivity index (χ3n) is 3.33. The molecule has 0 bridgehead atoms. The molecule has 1 fully saturated rings. The standard InChI is InChI=1S/C12H24O5/c1-2-3-4-5-6-8-10(14)12(16)11(15)9(7-13)17-8/h8-16H,2-7H2,1H3/t8-,9-,10+,11-,12-/m1/s1. The maximum Gasteiger partial charge on any atom is 0.111 e. The maximum absolute atomic E-state index is 9.76. The van der Waals surface area contributed by atoms with Gasteiger partial charge < -0.3 is 25.2 Å². The Morgan fingerprint density at radius 2 is 1.53 bits per heavy atom. The van der Waals surface area contributed by atoms with Gasteiger partial charge in [-0.3, -0.25) is 0 Å². The van der Waals surface area contributed by atoms with Gasteiger partial charge in [-0.15, -0.1) is 0 Å². The van der Waals surface area contributed by atoms with Crippen LogP contribution in [0.5, 0.6) is 0 Å². The van der Waals surface area contributed by atoms with Gasteiger partial charge in [-0.05, 0) is 6.42 Å². The molecule has 102 valence electrons. The molecule has 0 aliphatic carbocycles. The molecule has 1 rings (SSSR count). The molecule has 5 atom stereocenters. The van der Waals surface area contributed by atoms with Crippen molar-refractivity contribution >= 4 is 0 Å². The molecule has 1 heterocycles. The lowest BCUT2D eigenvalue weighted by molar-refractivity contribution is -0.230. The van der Waals surface area contributed by atoms with Crippen LogP contribution in [0.15, 0.2) is 0 Å². The Kier molecular flexibility index (Phi) is 6.37. The molecule has 0 amide bonds. The zero-order valence-electron chi connectivity index (χ0n) is 10.3. The molecule has 0 unspecified atom stereocenters. The van der Waals surface area contributed by atoms with Crippen LogP contribution in [0.3, 0.4) is 0 Å². The molecule has 4 N–H and O–H groups in total. The fourth-order valence-corrected chi connectivity index (χ4v) is 2.19. The Morgan fingerprint density at radius 1 is 0.882 bits per heavy atom. The predicted octanol–water partition coefficient (Wildman–Crippen LogP) is -0.201. The summed E-state index contributed by atoms with van der Waals surface area (Å²) in [5.41, 5.74) is 0. The van der Waals surface area contributed by atoms with E-state index < -0.39 is 30.5 Å². The van der Waals surface area contributed by atoms with Crippen LogP contribution in [0, 0.1) is 0 Å². The van der Waals surface area contributed by atoms with E-state index in [0.29, 0.717) is 6.42 Å². The quantitative estimate of drug-likeness (QED) is 0.489. The molecule has 0 spiro atoms. The average Bonchev–Trinajstić information content (AvgIpc) is 2.34. The van der Waals surface area contributed by atoms with Crippen molar-refractivity contribution < 1.29 is 25.2 Å². The lowest BCUT2D eigenvalue weighted by Crippen LogP contribution is -2.58. The summed E-state index contributed by atoms with van der Waals surface area (Å²) in [5.74, 6) is 0. The Morgan fingerprint density at radius 3 is 2.12 bits per heavy atom. The highest BCUT2D eigenvalue weighted by molar-refractivity contribution is 4.91. The summed E-state index contributed by atoms with van der Waals surface area (Å²) in [4.78, 5) is 0. The Balaban J connectivity index is 2.42. The van der Waals surface area contributed by atoms with Crippen molar-refractivity contribution in [3.05, 3.63) is 0 Å². The van der Waals surface area contributed by atoms with Crippen LogP contribution >= 0.6 is 0 Å². The lowest BCUT2D eigenvalue weighted by Gasteiger charge is -2.40. The van der Waals surface area contributed by atoms with Crippen molar-refractivity contribution in [2.24, 2.45) is 0 Å². The molecule has 1 aliphatic heterocycles. The first-order chi connectivity index (χ1) is 8.11. The van der Waals surface area contributed by atoms with Crippen LogP contribution in [0.4, 0.5) is 0 Å². The second kappa shape index (κ2) is 7.28. The Labute approximate surface area is 102 Å². The van der Waals surface area contributed by atoms with E-state index in [0.717, 1.165) is 25.7 Å². The van der Waals surface area contributed by atoms with E-state index in [1.807, 2.05) is 0 Å². The second-order valence-corrected chi connectivity index (χ2v) is 4.72. The SMILES string of the molecule is CCCCCC[C@H]1O[C@H](CO)[C@@H](O)[C@H](O)[C@H]1O. The summed E-state index contributed by atoms with van der Waals surface area (Å²) in [6.07, 6.45) is 0.0515. The van der Waals surface area contributed by atoms with Gasteiger partial charge in [-0.25, -0.2) is 0 Å².